The predicted molar refractivity (Wildman–Crippen MR) is 71.7 cm³/mol. The van der Waals surface area contributed by atoms with Crippen LogP contribution in [0.5, 0.6) is 0 Å². The molecule has 1 fully saturated rings. The summed E-state index contributed by atoms with van der Waals surface area (Å²) in [6.45, 7) is 0.0366. The van der Waals surface area contributed by atoms with E-state index in [0.717, 1.165) is 18.0 Å². The second-order valence-electron chi connectivity index (χ2n) is 4.37. The molecule has 1 aliphatic rings. The molecule has 3 N–H and O–H groups in total. The van der Waals surface area contributed by atoms with E-state index in [1.165, 1.54) is 18.1 Å². The molecule has 2 atom stereocenters. The molecule has 2 aromatic heterocycles. The van der Waals surface area contributed by atoms with E-state index in [1.54, 1.807) is 0 Å². The Labute approximate surface area is 114 Å². The highest BCUT2D eigenvalue weighted by atomic mass is 32.2. The highest BCUT2D eigenvalue weighted by molar-refractivity contribution is 7.98. The molecule has 0 saturated carbocycles. The quantitative estimate of drug-likeness (QED) is 0.803. The minimum Gasteiger partial charge on any atom is -0.394 e. The third kappa shape index (κ3) is 2.05. The van der Waals surface area contributed by atoms with Crippen LogP contribution >= 0.6 is 11.8 Å². The Morgan fingerprint density at radius 2 is 2.37 bits per heavy atom. The van der Waals surface area contributed by atoms with Crippen LogP contribution in [0.15, 0.2) is 11.5 Å². The maximum Gasteiger partial charge on any atom is 0.172 e. The number of nitrogen functional groups attached to an aromatic ring is 1. The summed E-state index contributed by atoms with van der Waals surface area (Å²) in [5, 5.41) is 9.96. The molecule has 0 radical (unpaired) electrons. The smallest absolute Gasteiger partial charge is 0.172 e. The van der Waals surface area contributed by atoms with E-state index in [9.17, 15) is 0 Å². The van der Waals surface area contributed by atoms with Crippen LogP contribution in [0.4, 0.5) is 5.82 Å². The van der Waals surface area contributed by atoms with E-state index in [4.69, 9.17) is 15.6 Å². The number of fused-ring (bicyclic) bond motifs is 1. The lowest BCUT2D eigenvalue weighted by atomic mass is 10.2. The summed E-state index contributed by atoms with van der Waals surface area (Å²) >= 11 is 1.51. The minimum atomic E-state index is -0.154. The number of imidazole rings is 1. The number of thioether (sulfide) groups is 1. The van der Waals surface area contributed by atoms with Gasteiger partial charge in [-0.15, -0.1) is 0 Å². The Kier molecular flexibility index (Phi) is 3.29. The summed E-state index contributed by atoms with van der Waals surface area (Å²) in [4.78, 5) is 12.7. The standard InChI is InChI=1S/C11H15N5O2S/c1-19-11-15-8-9(12)13-5-14-10(8)16(11)7-3-2-6(4-17)18-7/h5-7,17H,2-4H2,1H3,(H2,12,13,14)/t6-,7+/m0/s1. The van der Waals surface area contributed by atoms with Gasteiger partial charge in [-0.05, 0) is 19.1 Å². The molecule has 8 heteroatoms. The Morgan fingerprint density at radius 1 is 1.53 bits per heavy atom. The molecule has 3 heterocycles. The van der Waals surface area contributed by atoms with Crippen LogP contribution in [0.25, 0.3) is 11.2 Å². The summed E-state index contributed by atoms with van der Waals surface area (Å²) in [6.07, 6.45) is 4.76. The lowest BCUT2D eigenvalue weighted by Crippen LogP contribution is -2.15. The van der Waals surface area contributed by atoms with E-state index >= 15 is 0 Å². The largest absolute Gasteiger partial charge is 0.394 e. The van der Waals surface area contributed by atoms with E-state index < -0.39 is 0 Å². The lowest BCUT2D eigenvalue weighted by molar-refractivity contribution is -0.0244. The van der Waals surface area contributed by atoms with Crippen LogP contribution in [0.1, 0.15) is 19.1 Å². The first kappa shape index (κ1) is 12.6. The molecule has 0 spiro atoms. The van der Waals surface area contributed by atoms with Crippen molar-refractivity contribution in [2.75, 3.05) is 18.6 Å². The van der Waals surface area contributed by atoms with Crippen molar-refractivity contribution >= 4 is 28.7 Å². The average Bonchev–Trinajstić information content (AvgIpc) is 3.02. The molecule has 0 amide bonds. The minimum absolute atomic E-state index is 0.0366. The first-order valence-electron chi connectivity index (χ1n) is 6.03. The number of aromatic nitrogens is 4. The van der Waals surface area contributed by atoms with Gasteiger partial charge >= 0.3 is 0 Å². The van der Waals surface area contributed by atoms with Crippen molar-refractivity contribution in [1.29, 1.82) is 0 Å². The number of hydrogen-bond donors (Lipinski definition) is 2. The fourth-order valence-corrected chi connectivity index (χ4v) is 2.90. The van der Waals surface area contributed by atoms with Crippen molar-refractivity contribution in [3.8, 4) is 0 Å². The highest BCUT2D eigenvalue weighted by Crippen LogP contribution is 2.34. The molecule has 19 heavy (non-hydrogen) atoms. The van der Waals surface area contributed by atoms with Gasteiger partial charge in [0.2, 0.25) is 0 Å². The number of nitrogens with zero attached hydrogens (tertiary/aromatic N) is 4. The van der Waals surface area contributed by atoms with Gasteiger partial charge in [-0.2, -0.15) is 0 Å². The number of ether oxygens (including phenoxy) is 1. The lowest BCUT2D eigenvalue weighted by Gasteiger charge is -2.16. The highest BCUT2D eigenvalue weighted by Gasteiger charge is 2.29. The Hall–Kier alpha value is -1.38. The molecule has 102 valence electrons. The fraction of sp³-hybridized carbons (Fsp3) is 0.545. The Morgan fingerprint density at radius 3 is 3.05 bits per heavy atom. The SMILES string of the molecule is CSc1nc2c(N)ncnc2n1[C@H]1CC[C@@H](CO)O1. The summed E-state index contributed by atoms with van der Waals surface area (Å²) in [7, 11) is 0. The van der Waals surface area contributed by atoms with Crippen molar-refractivity contribution in [3.05, 3.63) is 6.33 Å². The van der Waals surface area contributed by atoms with E-state index in [-0.39, 0.29) is 18.9 Å². The van der Waals surface area contributed by atoms with Crippen molar-refractivity contribution in [3.63, 3.8) is 0 Å². The van der Waals surface area contributed by atoms with Crippen LogP contribution in [-0.2, 0) is 4.74 Å². The Balaban J connectivity index is 2.09. The van der Waals surface area contributed by atoms with Gasteiger partial charge in [-0.1, -0.05) is 11.8 Å². The zero-order valence-electron chi connectivity index (χ0n) is 10.5. The normalized spacial score (nSPS) is 23.3. The summed E-state index contributed by atoms with van der Waals surface area (Å²) in [6, 6.07) is 0. The monoisotopic (exact) mass is 281 g/mol. The van der Waals surface area contributed by atoms with Crippen LogP contribution in [-0.4, -0.2) is 43.6 Å². The van der Waals surface area contributed by atoms with Gasteiger partial charge in [-0.25, -0.2) is 15.0 Å². The maximum atomic E-state index is 9.16. The molecular weight excluding hydrogens is 266 g/mol. The number of hydrogen-bond acceptors (Lipinski definition) is 7. The molecule has 3 rings (SSSR count). The zero-order chi connectivity index (χ0) is 13.4. The zero-order valence-corrected chi connectivity index (χ0v) is 11.3. The number of aliphatic hydroxyl groups is 1. The third-order valence-electron chi connectivity index (χ3n) is 3.23. The first-order chi connectivity index (χ1) is 9.24. The third-order valence-corrected chi connectivity index (χ3v) is 3.89. The van der Waals surface area contributed by atoms with Gasteiger partial charge in [0.15, 0.2) is 22.1 Å². The molecule has 0 bridgehead atoms. The summed E-state index contributed by atoms with van der Waals surface area (Å²) in [5.41, 5.74) is 7.11. The van der Waals surface area contributed by atoms with Crippen molar-refractivity contribution < 1.29 is 9.84 Å². The van der Waals surface area contributed by atoms with Gasteiger partial charge in [0, 0.05) is 0 Å². The topological polar surface area (TPSA) is 99.1 Å². The average molecular weight is 281 g/mol. The molecule has 0 aliphatic carbocycles. The van der Waals surface area contributed by atoms with Crippen LogP contribution in [0.2, 0.25) is 0 Å². The van der Waals surface area contributed by atoms with Crippen LogP contribution in [0, 0.1) is 0 Å². The fourth-order valence-electron chi connectivity index (χ4n) is 2.32. The second kappa shape index (κ2) is 4.95. The van der Waals surface area contributed by atoms with E-state index in [1.807, 2.05) is 10.8 Å². The number of nitrogens with two attached hydrogens (primary N) is 1. The Bertz CT molecular complexity index is 602. The second-order valence-corrected chi connectivity index (χ2v) is 5.15. The molecule has 1 saturated heterocycles. The molecule has 7 nitrogen and oxygen atoms in total. The molecular formula is C11H15N5O2S. The summed E-state index contributed by atoms with van der Waals surface area (Å²) < 4.78 is 7.74. The van der Waals surface area contributed by atoms with Gasteiger partial charge in [-0.3, -0.25) is 4.57 Å². The van der Waals surface area contributed by atoms with Crippen molar-refractivity contribution in [1.82, 2.24) is 19.5 Å². The maximum absolute atomic E-state index is 9.16. The molecule has 0 aromatic carbocycles. The van der Waals surface area contributed by atoms with Gasteiger partial charge in [0.1, 0.15) is 12.6 Å². The first-order valence-corrected chi connectivity index (χ1v) is 7.25. The van der Waals surface area contributed by atoms with Gasteiger partial charge < -0.3 is 15.6 Å². The number of rotatable bonds is 3. The molecule has 2 aromatic rings. The van der Waals surface area contributed by atoms with Gasteiger partial charge in [0.05, 0.1) is 12.7 Å². The van der Waals surface area contributed by atoms with E-state index in [0.29, 0.717) is 17.0 Å². The van der Waals surface area contributed by atoms with Crippen LogP contribution in [0.3, 0.4) is 0 Å². The van der Waals surface area contributed by atoms with Gasteiger partial charge in [0.25, 0.3) is 0 Å². The van der Waals surface area contributed by atoms with E-state index in [2.05, 4.69) is 15.0 Å². The number of aliphatic hydroxyl groups excluding tert-OH is 1. The molecule has 1 aliphatic heterocycles. The number of anilines is 1. The molecule has 0 unspecified atom stereocenters. The predicted octanol–water partition coefficient (Wildman–Crippen LogP) is 0.800. The van der Waals surface area contributed by atoms with Crippen molar-refractivity contribution in [2.45, 2.75) is 30.3 Å². The van der Waals surface area contributed by atoms with Crippen LogP contribution < -0.4 is 5.73 Å². The summed E-state index contributed by atoms with van der Waals surface area (Å²) in [5.74, 6) is 0.371. The van der Waals surface area contributed by atoms with Crippen molar-refractivity contribution in [2.24, 2.45) is 0 Å².